The van der Waals surface area contributed by atoms with Crippen molar-refractivity contribution in [3.05, 3.63) is 18.3 Å². The van der Waals surface area contributed by atoms with Crippen LogP contribution in [-0.4, -0.2) is 26.4 Å². The van der Waals surface area contributed by atoms with Gasteiger partial charge in [-0.2, -0.15) is 0 Å². The molecule has 0 bridgehead atoms. The van der Waals surface area contributed by atoms with Crippen molar-refractivity contribution in [3.63, 3.8) is 0 Å². The molecule has 0 fully saturated rings. The third kappa shape index (κ3) is 3.52. The Labute approximate surface area is 103 Å². The average Bonchev–Trinajstić information content (AvgIpc) is 2.27. The highest BCUT2D eigenvalue weighted by atomic mass is 32.2. The van der Waals surface area contributed by atoms with E-state index in [4.69, 9.17) is 5.73 Å². The van der Waals surface area contributed by atoms with E-state index >= 15 is 0 Å². The molecule has 1 rings (SSSR count). The SMILES string of the molecule is CC(C)NC(=O)C(C)S(=O)c1ncccc1N. The van der Waals surface area contributed by atoms with Gasteiger partial charge in [0.15, 0.2) is 5.03 Å². The van der Waals surface area contributed by atoms with Crippen LogP contribution in [0.1, 0.15) is 20.8 Å². The minimum absolute atomic E-state index is 0.0167. The molecule has 0 saturated heterocycles. The lowest BCUT2D eigenvalue weighted by Crippen LogP contribution is -2.39. The number of carbonyl (C=O) groups excluding carboxylic acids is 1. The number of anilines is 1. The fourth-order valence-corrected chi connectivity index (χ4v) is 2.30. The first-order valence-electron chi connectivity index (χ1n) is 5.35. The first-order valence-corrected chi connectivity index (χ1v) is 6.56. The minimum atomic E-state index is -1.53. The molecule has 17 heavy (non-hydrogen) atoms. The van der Waals surface area contributed by atoms with Crippen molar-refractivity contribution in [2.24, 2.45) is 0 Å². The second-order valence-electron chi connectivity index (χ2n) is 4.00. The van der Waals surface area contributed by atoms with E-state index in [1.165, 1.54) is 6.20 Å². The molecule has 5 nitrogen and oxygen atoms in total. The molecule has 1 aromatic rings. The Morgan fingerprint density at radius 2 is 2.12 bits per heavy atom. The molecule has 3 N–H and O–H groups in total. The predicted molar refractivity (Wildman–Crippen MR) is 67.8 cm³/mol. The number of carbonyl (C=O) groups is 1. The molecular formula is C11H17N3O2S. The van der Waals surface area contributed by atoms with Crippen molar-refractivity contribution in [3.8, 4) is 0 Å². The van der Waals surface area contributed by atoms with Crippen molar-refractivity contribution >= 4 is 22.4 Å². The van der Waals surface area contributed by atoms with Gasteiger partial charge in [-0.05, 0) is 32.9 Å². The zero-order valence-corrected chi connectivity index (χ0v) is 11.0. The van der Waals surface area contributed by atoms with Crippen molar-refractivity contribution in [1.82, 2.24) is 10.3 Å². The van der Waals surface area contributed by atoms with Gasteiger partial charge in [0.25, 0.3) is 0 Å². The van der Waals surface area contributed by atoms with E-state index in [0.29, 0.717) is 5.69 Å². The number of nitrogens with one attached hydrogen (secondary N) is 1. The largest absolute Gasteiger partial charge is 0.396 e. The number of nitrogens with two attached hydrogens (primary N) is 1. The van der Waals surface area contributed by atoms with Gasteiger partial charge >= 0.3 is 0 Å². The van der Waals surface area contributed by atoms with Crippen LogP contribution in [0.25, 0.3) is 0 Å². The Hall–Kier alpha value is -1.43. The van der Waals surface area contributed by atoms with Gasteiger partial charge in [-0.25, -0.2) is 4.98 Å². The molecule has 2 atom stereocenters. The van der Waals surface area contributed by atoms with Gasteiger partial charge in [-0.1, -0.05) is 0 Å². The molecule has 0 saturated carbocycles. The van der Waals surface area contributed by atoms with E-state index in [-0.39, 0.29) is 17.0 Å². The summed E-state index contributed by atoms with van der Waals surface area (Å²) in [6.45, 7) is 5.30. The van der Waals surface area contributed by atoms with Crippen LogP contribution in [0.2, 0.25) is 0 Å². The zero-order valence-electron chi connectivity index (χ0n) is 10.1. The van der Waals surface area contributed by atoms with Crippen molar-refractivity contribution in [1.29, 1.82) is 0 Å². The third-order valence-corrected chi connectivity index (χ3v) is 3.69. The standard InChI is InChI=1S/C11H17N3O2S/c1-7(2)14-10(15)8(3)17(16)11-9(12)5-4-6-13-11/h4-8H,12H2,1-3H3,(H,14,15). The molecule has 6 heteroatoms. The number of aromatic nitrogens is 1. The summed E-state index contributed by atoms with van der Waals surface area (Å²) in [4.78, 5) is 15.7. The second-order valence-corrected chi connectivity index (χ2v) is 5.69. The molecule has 2 unspecified atom stereocenters. The highest BCUT2D eigenvalue weighted by Crippen LogP contribution is 2.15. The molecule has 0 radical (unpaired) electrons. The number of nitrogens with zero attached hydrogens (tertiary/aromatic N) is 1. The lowest BCUT2D eigenvalue weighted by molar-refractivity contribution is -0.120. The zero-order chi connectivity index (χ0) is 13.0. The van der Waals surface area contributed by atoms with Crippen LogP contribution in [0.3, 0.4) is 0 Å². The van der Waals surface area contributed by atoms with Crippen molar-refractivity contribution < 1.29 is 9.00 Å². The Morgan fingerprint density at radius 1 is 1.47 bits per heavy atom. The van der Waals surface area contributed by atoms with Crippen LogP contribution < -0.4 is 11.1 Å². The fourth-order valence-electron chi connectivity index (χ4n) is 1.24. The summed E-state index contributed by atoms with van der Waals surface area (Å²) in [5, 5.41) is 2.30. The van der Waals surface area contributed by atoms with Gasteiger partial charge in [0.05, 0.1) is 16.5 Å². The summed E-state index contributed by atoms with van der Waals surface area (Å²) in [7, 11) is -1.53. The normalized spacial score (nSPS) is 14.4. The topological polar surface area (TPSA) is 85.1 Å². The lowest BCUT2D eigenvalue weighted by Gasteiger charge is -2.14. The van der Waals surface area contributed by atoms with Crippen LogP contribution in [0, 0.1) is 0 Å². The summed E-state index contributed by atoms with van der Waals surface area (Å²) in [5.41, 5.74) is 6.02. The van der Waals surface area contributed by atoms with Crippen molar-refractivity contribution in [2.45, 2.75) is 37.1 Å². The van der Waals surface area contributed by atoms with E-state index in [0.717, 1.165) is 0 Å². The van der Waals surface area contributed by atoms with E-state index in [1.54, 1.807) is 19.1 Å². The molecule has 1 heterocycles. The van der Waals surface area contributed by atoms with E-state index in [2.05, 4.69) is 10.3 Å². The maximum atomic E-state index is 12.1. The Morgan fingerprint density at radius 3 is 2.65 bits per heavy atom. The maximum absolute atomic E-state index is 12.1. The Bertz CT molecular complexity index is 434. The summed E-state index contributed by atoms with van der Waals surface area (Å²) in [6, 6.07) is 3.30. The Balaban J connectivity index is 2.84. The summed E-state index contributed by atoms with van der Waals surface area (Å²) in [5.74, 6) is -0.261. The molecule has 1 amide bonds. The van der Waals surface area contributed by atoms with Gasteiger partial charge in [-0.3, -0.25) is 9.00 Å². The highest BCUT2D eigenvalue weighted by molar-refractivity contribution is 7.86. The van der Waals surface area contributed by atoms with Crippen LogP contribution in [0.15, 0.2) is 23.4 Å². The predicted octanol–water partition coefficient (Wildman–Crippen LogP) is 0.684. The van der Waals surface area contributed by atoms with Crippen LogP contribution in [0.4, 0.5) is 5.69 Å². The van der Waals surface area contributed by atoms with Crippen LogP contribution in [0.5, 0.6) is 0 Å². The van der Waals surface area contributed by atoms with Gasteiger partial charge in [0.2, 0.25) is 5.91 Å². The molecule has 0 spiro atoms. The van der Waals surface area contributed by atoms with Gasteiger partial charge in [-0.15, -0.1) is 0 Å². The number of nitrogen functional groups attached to an aromatic ring is 1. The van der Waals surface area contributed by atoms with E-state index in [9.17, 15) is 9.00 Å². The number of amides is 1. The third-order valence-electron chi connectivity index (χ3n) is 2.11. The molecule has 94 valence electrons. The molecule has 0 aliphatic rings. The number of hydrogen-bond acceptors (Lipinski definition) is 4. The smallest absolute Gasteiger partial charge is 0.236 e. The first-order chi connectivity index (χ1) is 7.93. The van der Waals surface area contributed by atoms with Gasteiger partial charge in [0, 0.05) is 12.2 Å². The van der Waals surface area contributed by atoms with Gasteiger partial charge < -0.3 is 11.1 Å². The lowest BCUT2D eigenvalue weighted by atomic mass is 10.3. The number of rotatable bonds is 4. The number of hydrogen-bond donors (Lipinski definition) is 2. The van der Waals surface area contributed by atoms with E-state index < -0.39 is 16.0 Å². The monoisotopic (exact) mass is 255 g/mol. The minimum Gasteiger partial charge on any atom is -0.396 e. The van der Waals surface area contributed by atoms with Gasteiger partial charge in [0.1, 0.15) is 5.25 Å². The molecule has 0 aromatic carbocycles. The van der Waals surface area contributed by atoms with Crippen molar-refractivity contribution in [2.75, 3.05) is 5.73 Å². The first kappa shape index (κ1) is 13.6. The summed E-state index contributed by atoms with van der Waals surface area (Å²) < 4.78 is 12.1. The number of pyridine rings is 1. The summed E-state index contributed by atoms with van der Waals surface area (Å²) in [6.07, 6.45) is 1.51. The Kier molecular flexibility index (Phi) is 4.62. The second kappa shape index (κ2) is 5.77. The van der Waals surface area contributed by atoms with Crippen LogP contribution >= 0.6 is 0 Å². The van der Waals surface area contributed by atoms with E-state index in [1.807, 2.05) is 13.8 Å². The maximum Gasteiger partial charge on any atom is 0.236 e. The molecule has 1 aromatic heterocycles. The average molecular weight is 255 g/mol. The fraction of sp³-hybridized carbons (Fsp3) is 0.455. The highest BCUT2D eigenvalue weighted by Gasteiger charge is 2.24. The summed E-state index contributed by atoms with van der Waals surface area (Å²) >= 11 is 0. The molecule has 0 aliphatic carbocycles. The quantitative estimate of drug-likeness (QED) is 0.828. The van der Waals surface area contributed by atoms with Crippen LogP contribution in [-0.2, 0) is 15.6 Å². The molecule has 0 aliphatic heterocycles. The molecular weight excluding hydrogens is 238 g/mol.